The zero-order valence-electron chi connectivity index (χ0n) is 9.49. The van der Waals surface area contributed by atoms with Gasteiger partial charge in [0.2, 0.25) is 5.89 Å². The van der Waals surface area contributed by atoms with Crippen molar-refractivity contribution in [3.05, 3.63) is 11.7 Å². The quantitative estimate of drug-likeness (QED) is 0.774. The lowest BCUT2D eigenvalue weighted by Gasteiger charge is -2.11. The largest absolute Gasteiger partial charge is 0.340 e. The van der Waals surface area contributed by atoms with Crippen LogP contribution in [0.1, 0.15) is 37.9 Å². The van der Waals surface area contributed by atoms with E-state index in [1.54, 1.807) is 0 Å². The third-order valence-electron chi connectivity index (χ3n) is 2.79. The molecule has 0 saturated heterocycles. The Kier molecular flexibility index (Phi) is 3.36. The van der Waals surface area contributed by atoms with Crippen LogP contribution in [0.25, 0.3) is 0 Å². The molecule has 1 aromatic rings. The molecule has 1 N–H and O–H groups in total. The molecule has 1 atom stereocenters. The number of aryl methyl sites for hydroxylation is 1. The SMILES string of the molecule is Cc1nc(CCNC(C)CC2CC2)no1. The van der Waals surface area contributed by atoms with Gasteiger partial charge in [-0.05, 0) is 19.3 Å². The maximum Gasteiger partial charge on any atom is 0.223 e. The first-order valence-corrected chi connectivity index (χ1v) is 5.76. The second kappa shape index (κ2) is 4.75. The first kappa shape index (κ1) is 10.6. The molecule has 0 aliphatic heterocycles. The highest BCUT2D eigenvalue weighted by Gasteiger charge is 2.23. The number of hydrogen-bond acceptors (Lipinski definition) is 4. The van der Waals surface area contributed by atoms with Gasteiger partial charge in [0.25, 0.3) is 0 Å². The first-order chi connectivity index (χ1) is 7.24. The fraction of sp³-hybridized carbons (Fsp3) is 0.818. The van der Waals surface area contributed by atoms with E-state index in [2.05, 4.69) is 22.4 Å². The maximum atomic E-state index is 4.91. The molecule has 2 rings (SSSR count). The van der Waals surface area contributed by atoms with Crippen LogP contribution < -0.4 is 5.32 Å². The van der Waals surface area contributed by atoms with Crippen molar-refractivity contribution in [2.24, 2.45) is 5.92 Å². The van der Waals surface area contributed by atoms with E-state index in [1.165, 1.54) is 19.3 Å². The summed E-state index contributed by atoms with van der Waals surface area (Å²) in [6.45, 7) is 5.01. The van der Waals surface area contributed by atoms with Crippen LogP contribution in [0.4, 0.5) is 0 Å². The minimum absolute atomic E-state index is 0.616. The van der Waals surface area contributed by atoms with Gasteiger partial charge >= 0.3 is 0 Å². The van der Waals surface area contributed by atoms with Crippen LogP contribution in [0.5, 0.6) is 0 Å². The molecule has 84 valence electrons. The highest BCUT2D eigenvalue weighted by atomic mass is 16.5. The molecule has 1 aromatic heterocycles. The van der Waals surface area contributed by atoms with Crippen LogP contribution >= 0.6 is 0 Å². The van der Waals surface area contributed by atoms with Gasteiger partial charge in [0, 0.05) is 25.9 Å². The minimum Gasteiger partial charge on any atom is -0.340 e. The molecule has 0 aromatic carbocycles. The molecule has 1 saturated carbocycles. The van der Waals surface area contributed by atoms with Crippen molar-refractivity contribution < 1.29 is 4.52 Å². The Balaban J connectivity index is 1.61. The molecular formula is C11H19N3O. The van der Waals surface area contributed by atoms with Crippen LogP contribution in [0, 0.1) is 12.8 Å². The minimum atomic E-state index is 0.616. The summed E-state index contributed by atoms with van der Waals surface area (Å²) >= 11 is 0. The fourth-order valence-corrected chi connectivity index (χ4v) is 1.81. The van der Waals surface area contributed by atoms with Crippen molar-refractivity contribution in [3.8, 4) is 0 Å². The molecule has 1 aliphatic rings. The number of nitrogens with zero attached hydrogens (tertiary/aromatic N) is 2. The van der Waals surface area contributed by atoms with Crippen LogP contribution in [-0.4, -0.2) is 22.7 Å². The average molecular weight is 209 g/mol. The lowest BCUT2D eigenvalue weighted by atomic mass is 10.1. The number of hydrogen-bond donors (Lipinski definition) is 1. The molecule has 4 heteroatoms. The third kappa shape index (κ3) is 3.63. The van der Waals surface area contributed by atoms with E-state index < -0.39 is 0 Å². The Hall–Kier alpha value is -0.900. The molecule has 1 fully saturated rings. The summed E-state index contributed by atoms with van der Waals surface area (Å²) in [5, 5.41) is 7.35. The van der Waals surface area contributed by atoms with Crippen LogP contribution in [0.2, 0.25) is 0 Å². The summed E-state index contributed by atoms with van der Waals surface area (Å²) in [6.07, 6.45) is 5.02. The van der Waals surface area contributed by atoms with E-state index in [0.717, 1.165) is 24.7 Å². The van der Waals surface area contributed by atoms with Gasteiger partial charge in [-0.25, -0.2) is 0 Å². The molecule has 1 unspecified atom stereocenters. The van der Waals surface area contributed by atoms with Crippen molar-refractivity contribution in [1.82, 2.24) is 15.5 Å². The number of aromatic nitrogens is 2. The topological polar surface area (TPSA) is 51.0 Å². The van der Waals surface area contributed by atoms with E-state index in [9.17, 15) is 0 Å². The van der Waals surface area contributed by atoms with E-state index in [4.69, 9.17) is 4.52 Å². The maximum absolute atomic E-state index is 4.91. The van der Waals surface area contributed by atoms with Gasteiger partial charge in [0.15, 0.2) is 5.82 Å². The van der Waals surface area contributed by atoms with Crippen molar-refractivity contribution in [2.45, 2.75) is 45.6 Å². The Morgan fingerprint density at radius 1 is 1.53 bits per heavy atom. The second-order valence-corrected chi connectivity index (χ2v) is 4.51. The lowest BCUT2D eigenvalue weighted by Crippen LogP contribution is -2.28. The Bertz CT molecular complexity index is 307. The van der Waals surface area contributed by atoms with E-state index in [-0.39, 0.29) is 0 Å². The molecule has 1 heterocycles. The van der Waals surface area contributed by atoms with Crippen molar-refractivity contribution in [3.63, 3.8) is 0 Å². The Morgan fingerprint density at radius 2 is 2.33 bits per heavy atom. The van der Waals surface area contributed by atoms with Gasteiger partial charge < -0.3 is 9.84 Å². The van der Waals surface area contributed by atoms with Gasteiger partial charge in [-0.1, -0.05) is 18.0 Å². The molecule has 0 spiro atoms. The monoisotopic (exact) mass is 209 g/mol. The van der Waals surface area contributed by atoms with E-state index >= 15 is 0 Å². The highest BCUT2D eigenvalue weighted by molar-refractivity contribution is 4.85. The normalized spacial score (nSPS) is 18.0. The first-order valence-electron chi connectivity index (χ1n) is 5.76. The van der Waals surface area contributed by atoms with Crippen LogP contribution in [0.3, 0.4) is 0 Å². The predicted molar refractivity (Wildman–Crippen MR) is 57.5 cm³/mol. The van der Waals surface area contributed by atoms with Gasteiger partial charge in [0.1, 0.15) is 0 Å². The van der Waals surface area contributed by atoms with Gasteiger partial charge in [-0.2, -0.15) is 4.98 Å². The summed E-state index contributed by atoms with van der Waals surface area (Å²) < 4.78 is 4.91. The Morgan fingerprint density at radius 3 is 2.93 bits per heavy atom. The summed E-state index contributed by atoms with van der Waals surface area (Å²) in [4.78, 5) is 4.16. The summed E-state index contributed by atoms with van der Waals surface area (Å²) in [6, 6.07) is 0.616. The molecule has 0 bridgehead atoms. The molecule has 1 aliphatic carbocycles. The fourth-order valence-electron chi connectivity index (χ4n) is 1.81. The predicted octanol–water partition coefficient (Wildman–Crippen LogP) is 1.70. The van der Waals surface area contributed by atoms with Crippen LogP contribution in [0.15, 0.2) is 4.52 Å². The standard InChI is InChI=1S/C11H19N3O/c1-8(7-10-3-4-10)12-6-5-11-13-9(2)15-14-11/h8,10,12H,3-7H2,1-2H3. The van der Waals surface area contributed by atoms with E-state index in [0.29, 0.717) is 11.9 Å². The molecule has 15 heavy (non-hydrogen) atoms. The molecular weight excluding hydrogens is 190 g/mol. The molecule has 0 amide bonds. The molecule has 4 nitrogen and oxygen atoms in total. The van der Waals surface area contributed by atoms with Crippen molar-refractivity contribution >= 4 is 0 Å². The smallest absolute Gasteiger partial charge is 0.223 e. The third-order valence-corrected chi connectivity index (χ3v) is 2.79. The average Bonchev–Trinajstić information content (AvgIpc) is 2.89. The zero-order chi connectivity index (χ0) is 10.7. The summed E-state index contributed by atoms with van der Waals surface area (Å²) in [5.74, 6) is 2.44. The summed E-state index contributed by atoms with van der Waals surface area (Å²) in [7, 11) is 0. The Labute approximate surface area is 90.4 Å². The van der Waals surface area contributed by atoms with Crippen molar-refractivity contribution in [2.75, 3.05) is 6.54 Å². The number of rotatable bonds is 6. The zero-order valence-corrected chi connectivity index (χ0v) is 9.49. The van der Waals surface area contributed by atoms with Crippen LogP contribution in [-0.2, 0) is 6.42 Å². The number of nitrogens with one attached hydrogen (secondary N) is 1. The van der Waals surface area contributed by atoms with Crippen molar-refractivity contribution in [1.29, 1.82) is 0 Å². The van der Waals surface area contributed by atoms with Gasteiger partial charge in [0.05, 0.1) is 0 Å². The highest BCUT2D eigenvalue weighted by Crippen LogP contribution is 2.33. The van der Waals surface area contributed by atoms with Gasteiger partial charge in [-0.3, -0.25) is 0 Å². The molecule has 0 radical (unpaired) electrons. The van der Waals surface area contributed by atoms with E-state index in [1.807, 2.05) is 6.92 Å². The summed E-state index contributed by atoms with van der Waals surface area (Å²) in [5.41, 5.74) is 0. The van der Waals surface area contributed by atoms with Gasteiger partial charge in [-0.15, -0.1) is 0 Å². The lowest BCUT2D eigenvalue weighted by molar-refractivity contribution is 0.386. The second-order valence-electron chi connectivity index (χ2n) is 4.51.